The molecule has 1 aromatic heterocycles. The number of rotatable bonds is 4. The Bertz CT molecular complexity index is 849. The van der Waals surface area contributed by atoms with Crippen molar-refractivity contribution in [1.82, 2.24) is 4.98 Å². The van der Waals surface area contributed by atoms with Crippen LogP contribution in [0.2, 0.25) is 0 Å². The van der Waals surface area contributed by atoms with Crippen LogP contribution < -0.4 is 9.62 Å². The van der Waals surface area contributed by atoms with Crippen molar-refractivity contribution < 1.29 is 21.6 Å². The predicted molar refractivity (Wildman–Crippen MR) is 87.9 cm³/mol. The third-order valence-electron chi connectivity index (χ3n) is 3.96. The van der Waals surface area contributed by atoms with Crippen molar-refractivity contribution in [2.75, 3.05) is 22.7 Å². The Kier molecular flexibility index (Phi) is 4.59. The Morgan fingerprint density at radius 3 is 2.44 bits per heavy atom. The van der Waals surface area contributed by atoms with Gasteiger partial charge in [0.25, 0.3) is 10.0 Å². The fourth-order valence-corrected chi connectivity index (χ4v) is 3.77. The summed E-state index contributed by atoms with van der Waals surface area (Å²) in [6.45, 7) is 1.35. The molecule has 0 unspecified atom stereocenters. The summed E-state index contributed by atoms with van der Waals surface area (Å²) in [5.41, 5.74) is -0.544. The van der Waals surface area contributed by atoms with Crippen molar-refractivity contribution in [3.05, 3.63) is 48.3 Å². The van der Waals surface area contributed by atoms with Crippen LogP contribution in [-0.4, -0.2) is 26.5 Å². The molecular weight excluding hydrogens is 355 g/mol. The fourth-order valence-electron chi connectivity index (χ4n) is 2.74. The Hall–Kier alpha value is -2.29. The standard InChI is InChI=1S/C16H16F3N3O2S/c17-16(18,19)12-5-6-15(22-8-1-2-9-22)14(10-12)21-25(23,24)13-4-3-7-20-11-13/h3-7,10-11,21H,1-2,8-9H2. The van der Waals surface area contributed by atoms with E-state index in [2.05, 4.69) is 9.71 Å². The van der Waals surface area contributed by atoms with Crippen molar-refractivity contribution in [3.8, 4) is 0 Å². The van der Waals surface area contributed by atoms with Gasteiger partial charge in [-0.15, -0.1) is 0 Å². The molecule has 1 aliphatic rings. The molecule has 0 bridgehead atoms. The fraction of sp³-hybridized carbons (Fsp3) is 0.312. The number of pyridine rings is 1. The summed E-state index contributed by atoms with van der Waals surface area (Å²) in [4.78, 5) is 5.50. The highest BCUT2D eigenvalue weighted by atomic mass is 32.2. The summed E-state index contributed by atoms with van der Waals surface area (Å²) in [5, 5.41) is 0. The molecule has 0 atom stereocenters. The van der Waals surface area contributed by atoms with Gasteiger partial charge >= 0.3 is 6.18 Å². The van der Waals surface area contributed by atoms with E-state index in [1.165, 1.54) is 24.4 Å². The SMILES string of the molecule is O=S(=O)(Nc1cc(C(F)(F)F)ccc1N1CCCC1)c1cccnc1. The van der Waals surface area contributed by atoms with Gasteiger partial charge in [0.05, 0.1) is 16.9 Å². The maximum Gasteiger partial charge on any atom is 0.416 e. The minimum Gasteiger partial charge on any atom is -0.370 e. The highest BCUT2D eigenvalue weighted by Gasteiger charge is 2.32. The molecule has 5 nitrogen and oxygen atoms in total. The Balaban J connectivity index is 2.02. The predicted octanol–water partition coefficient (Wildman–Crippen LogP) is 3.50. The Morgan fingerprint density at radius 2 is 1.84 bits per heavy atom. The van der Waals surface area contributed by atoms with Crippen LogP contribution in [0.15, 0.2) is 47.6 Å². The monoisotopic (exact) mass is 371 g/mol. The number of nitrogens with one attached hydrogen (secondary N) is 1. The first-order valence-corrected chi connectivity index (χ1v) is 9.15. The summed E-state index contributed by atoms with van der Waals surface area (Å²) in [6.07, 6.45) is -0.173. The van der Waals surface area contributed by atoms with Crippen LogP contribution in [0.1, 0.15) is 18.4 Å². The van der Waals surface area contributed by atoms with Gasteiger partial charge in [0, 0.05) is 25.5 Å². The number of benzene rings is 1. The summed E-state index contributed by atoms with van der Waals surface area (Å²) in [6, 6.07) is 5.90. The van der Waals surface area contributed by atoms with Crippen molar-refractivity contribution in [2.24, 2.45) is 0 Å². The summed E-state index contributed by atoms with van der Waals surface area (Å²) in [7, 11) is -4.03. The van der Waals surface area contributed by atoms with Gasteiger partial charge in [0.15, 0.2) is 0 Å². The van der Waals surface area contributed by atoms with Crippen LogP contribution in [0.25, 0.3) is 0 Å². The highest BCUT2D eigenvalue weighted by Crippen LogP contribution is 2.37. The molecule has 2 heterocycles. The van der Waals surface area contributed by atoms with Gasteiger partial charge in [0.1, 0.15) is 4.90 Å². The third kappa shape index (κ3) is 3.87. The number of sulfonamides is 1. The van der Waals surface area contributed by atoms with Gasteiger partial charge in [-0.25, -0.2) is 8.42 Å². The second-order valence-electron chi connectivity index (χ2n) is 5.72. The highest BCUT2D eigenvalue weighted by molar-refractivity contribution is 7.92. The third-order valence-corrected chi connectivity index (χ3v) is 5.31. The number of alkyl halides is 3. The molecule has 0 amide bonds. The van der Waals surface area contributed by atoms with Crippen molar-refractivity contribution >= 4 is 21.4 Å². The second-order valence-corrected chi connectivity index (χ2v) is 7.40. The number of aromatic nitrogens is 1. The molecule has 0 saturated carbocycles. The number of hydrogen-bond acceptors (Lipinski definition) is 4. The minimum absolute atomic E-state index is 0.0828. The van der Waals surface area contributed by atoms with Crippen LogP contribution >= 0.6 is 0 Å². The average Bonchev–Trinajstić information content (AvgIpc) is 3.09. The minimum atomic E-state index is -4.56. The molecule has 1 aromatic carbocycles. The lowest BCUT2D eigenvalue weighted by Crippen LogP contribution is -2.22. The molecule has 2 aromatic rings. The van der Waals surface area contributed by atoms with E-state index < -0.39 is 21.8 Å². The number of hydrogen-bond donors (Lipinski definition) is 1. The zero-order valence-electron chi connectivity index (χ0n) is 13.1. The van der Waals surface area contributed by atoms with Crippen LogP contribution in [-0.2, 0) is 16.2 Å². The van der Waals surface area contributed by atoms with E-state index in [1.54, 1.807) is 0 Å². The van der Waals surface area contributed by atoms with Crippen LogP contribution in [0.4, 0.5) is 24.5 Å². The summed E-state index contributed by atoms with van der Waals surface area (Å²) in [5.74, 6) is 0. The number of anilines is 2. The van der Waals surface area contributed by atoms with E-state index in [9.17, 15) is 21.6 Å². The zero-order valence-corrected chi connectivity index (χ0v) is 13.9. The average molecular weight is 371 g/mol. The zero-order chi connectivity index (χ0) is 18.1. The van der Waals surface area contributed by atoms with Gasteiger partial charge in [-0.05, 0) is 43.2 Å². The van der Waals surface area contributed by atoms with E-state index in [1.807, 2.05) is 4.90 Å². The number of nitrogens with zero attached hydrogens (tertiary/aromatic N) is 2. The Labute approximate surface area is 143 Å². The number of halogens is 3. The van der Waals surface area contributed by atoms with Crippen LogP contribution in [0.5, 0.6) is 0 Å². The maximum atomic E-state index is 13.0. The van der Waals surface area contributed by atoms with Crippen molar-refractivity contribution in [3.63, 3.8) is 0 Å². The van der Waals surface area contributed by atoms with Crippen molar-refractivity contribution in [2.45, 2.75) is 23.9 Å². The first kappa shape index (κ1) is 17.5. The Morgan fingerprint density at radius 1 is 1.12 bits per heavy atom. The van der Waals surface area contributed by atoms with E-state index in [-0.39, 0.29) is 10.6 Å². The lowest BCUT2D eigenvalue weighted by molar-refractivity contribution is -0.137. The molecule has 9 heteroatoms. The van der Waals surface area contributed by atoms with Gasteiger partial charge in [0.2, 0.25) is 0 Å². The van der Waals surface area contributed by atoms with Gasteiger partial charge in [-0.3, -0.25) is 9.71 Å². The molecule has 25 heavy (non-hydrogen) atoms. The molecule has 0 aliphatic carbocycles. The first-order valence-electron chi connectivity index (χ1n) is 7.66. The molecule has 1 fully saturated rings. The topological polar surface area (TPSA) is 62.3 Å². The lowest BCUT2D eigenvalue weighted by atomic mass is 10.1. The quantitative estimate of drug-likeness (QED) is 0.894. The molecular formula is C16H16F3N3O2S. The molecule has 134 valence electrons. The van der Waals surface area contributed by atoms with Crippen LogP contribution in [0, 0.1) is 0 Å². The van der Waals surface area contributed by atoms with Gasteiger partial charge in [-0.2, -0.15) is 13.2 Å². The molecule has 3 rings (SSSR count). The van der Waals surface area contributed by atoms with E-state index >= 15 is 0 Å². The molecule has 0 spiro atoms. The van der Waals surface area contributed by atoms with Gasteiger partial charge < -0.3 is 4.90 Å². The van der Waals surface area contributed by atoms with Gasteiger partial charge in [-0.1, -0.05) is 0 Å². The summed E-state index contributed by atoms with van der Waals surface area (Å²) < 4.78 is 66.3. The van der Waals surface area contributed by atoms with Crippen molar-refractivity contribution in [1.29, 1.82) is 0 Å². The van der Waals surface area contributed by atoms with Crippen LogP contribution in [0.3, 0.4) is 0 Å². The summed E-state index contributed by atoms with van der Waals surface area (Å²) >= 11 is 0. The maximum absolute atomic E-state index is 13.0. The van der Waals surface area contributed by atoms with E-state index in [0.29, 0.717) is 18.8 Å². The van der Waals surface area contributed by atoms with E-state index in [0.717, 1.165) is 31.2 Å². The second kappa shape index (κ2) is 6.55. The molecule has 1 N–H and O–H groups in total. The molecule has 0 radical (unpaired) electrons. The largest absolute Gasteiger partial charge is 0.416 e. The smallest absolute Gasteiger partial charge is 0.370 e. The van der Waals surface area contributed by atoms with E-state index in [4.69, 9.17) is 0 Å². The normalized spacial score (nSPS) is 15.4. The molecule has 1 aliphatic heterocycles. The lowest BCUT2D eigenvalue weighted by Gasteiger charge is -2.23. The molecule has 1 saturated heterocycles. The first-order chi connectivity index (χ1) is 11.8.